The number of rotatable bonds is 3. The highest BCUT2D eigenvalue weighted by Gasteiger charge is 2.46. The average Bonchev–Trinajstić information content (AvgIpc) is 2.90. The largest absolute Gasteiger partial charge is 0.414 e. The van der Waals surface area contributed by atoms with E-state index in [1.165, 1.54) is 6.08 Å². The normalized spacial score (nSPS) is 30.5. The molecule has 3 aliphatic rings. The van der Waals surface area contributed by atoms with E-state index in [2.05, 4.69) is 0 Å². The molecule has 9 heteroatoms. The molecule has 4 unspecified atom stereocenters. The minimum absolute atomic E-state index is 0.0334. The number of likely N-dealkylation sites (tertiary alicyclic amines) is 1. The minimum Gasteiger partial charge on any atom is -0.387 e. The summed E-state index contributed by atoms with van der Waals surface area (Å²) >= 11 is 0. The molecule has 1 saturated heterocycles. The molecule has 0 radical (unpaired) electrons. The summed E-state index contributed by atoms with van der Waals surface area (Å²) < 4.78 is 80.3. The Hall–Kier alpha value is -1.48. The van der Waals surface area contributed by atoms with Crippen LogP contribution in [0.2, 0.25) is 0 Å². The quantitative estimate of drug-likeness (QED) is 0.684. The van der Waals surface area contributed by atoms with Crippen LogP contribution >= 0.6 is 0 Å². The van der Waals surface area contributed by atoms with Crippen LogP contribution in [0.3, 0.4) is 0 Å². The molecular weight excluding hydrogens is 386 g/mol. The van der Waals surface area contributed by atoms with Crippen LogP contribution in [-0.2, 0) is 0 Å². The van der Waals surface area contributed by atoms with Gasteiger partial charge in [-0.25, -0.2) is 0 Å². The van der Waals surface area contributed by atoms with Gasteiger partial charge in [0.05, 0.1) is 17.4 Å². The Morgan fingerprint density at radius 1 is 1.14 bits per heavy atom. The summed E-state index contributed by atoms with van der Waals surface area (Å²) in [6.45, 7) is 4.03. The second kappa shape index (κ2) is 7.40. The molecule has 2 N–H and O–H groups in total. The van der Waals surface area contributed by atoms with E-state index in [9.17, 15) is 31.4 Å². The lowest BCUT2D eigenvalue weighted by Crippen LogP contribution is -2.47. The molecule has 158 valence electrons. The van der Waals surface area contributed by atoms with Gasteiger partial charge >= 0.3 is 12.4 Å². The van der Waals surface area contributed by atoms with Crippen LogP contribution < -0.4 is 5.32 Å². The smallest absolute Gasteiger partial charge is 0.387 e. The molecule has 2 aliphatic heterocycles. The van der Waals surface area contributed by atoms with Crippen molar-refractivity contribution >= 4 is 0 Å². The van der Waals surface area contributed by atoms with Gasteiger partial charge in [-0.15, -0.1) is 0 Å². The maximum atomic E-state index is 13.4. The van der Waals surface area contributed by atoms with Crippen LogP contribution in [0.15, 0.2) is 34.6 Å². The molecule has 0 aromatic rings. The molecule has 0 aromatic heterocycles. The van der Waals surface area contributed by atoms with Gasteiger partial charge in [0.1, 0.15) is 6.04 Å². The second-order valence-corrected chi connectivity index (χ2v) is 7.78. The lowest BCUT2D eigenvalue weighted by atomic mass is 9.84. The van der Waals surface area contributed by atoms with Gasteiger partial charge in [0, 0.05) is 18.6 Å². The maximum Gasteiger partial charge on any atom is 0.414 e. The van der Waals surface area contributed by atoms with Crippen molar-refractivity contribution in [2.75, 3.05) is 6.54 Å². The maximum absolute atomic E-state index is 13.4. The molecule has 2 heterocycles. The van der Waals surface area contributed by atoms with Crippen LogP contribution in [0.1, 0.15) is 39.5 Å². The van der Waals surface area contributed by atoms with E-state index in [1.807, 2.05) is 24.1 Å². The SMILES string of the molecule is CC1CCC(C)N1CC(O)C1=CC(C(F)(F)F)NC2=C(C(F)(F)F)CCC=C12. The van der Waals surface area contributed by atoms with Crippen LogP contribution in [0.5, 0.6) is 0 Å². The number of nitrogens with one attached hydrogen (secondary N) is 1. The Labute approximate surface area is 159 Å². The third-order valence-electron chi connectivity index (χ3n) is 5.84. The average molecular weight is 410 g/mol. The Balaban J connectivity index is 1.99. The van der Waals surface area contributed by atoms with Crippen LogP contribution in [0.4, 0.5) is 26.3 Å². The van der Waals surface area contributed by atoms with E-state index in [-0.39, 0.29) is 42.6 Å². The van der Waals surface area contributed by atoms with Gasteiger partial charge < -0.3 is 10.4 Å². The molecule has 0 saturated carbocycles. The fourth-order valence-corrected chi connectivity index (χ4v) is 4.30. The second-order valence-electron chi connectivity index (χ2n) is 7.78. The number of alkyl halides is 6. The van der Waals surface area contributed by atoms with Crippen molar-refractivity contribution in [2.45, 2.75) is 76.1 Å². The summed E-state index contributed by atoms with van der Waals surface area (Å²) in [5.74, 6) is 0. The lowest BCUT2D eigenvalue weighted by Gasteiger charge is -2.37. The van der Waals surface area contributed by atoms with Crippen molar-refractivity contribution in [1.29, 1.82) is 0 Å². The highest BCUT2D eigenvalue weighted by atomic mass is 19.4. The van der Waals surface area contributed by atoms with Gasteiger partial charge in [-0.2, -0.15) is 26.3 Å². The summed E-state index contributed by atoms with van der Waals surface area (Å²) in [5, 5.41) is 12.7. The van der Waals surface area contributed by atoms with Crippen LogP contribution in [0.25, 0.3) is 0 Å². The Bertz CT molecular complexity index is 696. The third kappa shape index (κ3) is 4.10. The van der Waals surface area contributed by atoms with E-state index in [0.29, 0.717) is 0 Å². The van der Waals surface area contributed by atoms with Crippen molar-refractivity contribution in [2.24, 2.45) is 0 Å². The number of halogens is 6. The molecule has 28 heavy (non-hydrogen) atoms. The van der Waals surface area contributed by atoms with Gasteiger partial charge in [-0.05, 0) is 56.8 Å². The standard InChI is InChI=1S/C19H24F6N2O/c1-10-6-7-11(2)27(10)9-15(28)13-8-16(19(23,24)25)26-17-12(13)4-3-5-14(17)18(20,21)22/h4,8,10-11,15-16,26,28H,3,5-7,9H2,1-2H3. The number of hydrogen-bond donors (Lipinski definition) is 2. The number of aliphatic hydroxyl groups excluding tert-OH is 1. The Morgan fingerprint density at radius 3 is 2.29 bits per heavy atom. The third-order valence-corrected chi connectivity index (χ3v) is 5.84. The van der Waals surface area contributed by atoms with Crippen LogP contribution in [0, 0.1) is 0 Å². The fraction of sp³-hybridized carbons (Fsp3) is 0.684. The summed E-state index contributed by atoms with van der Waals surface area (Å²) in [4.78, 5) is 1.99. The molecule has 0 amide bonds. The fourth-order valence-electron chi connectivity index (χ4n) is 4.30. The molecule has 3 nitrogen and oxygen atoms in total. The van der Waals surface area contributed by atoms with Crippen molar-refractivity contribution < 1.29 is 31.4 Å². The van der Waals surface area contributed by atoms with Gasteiger partial charge in [-0.1, -0.05) is 6.08 Å². The molecular formula is C19H24F6N2O. The molecule has 1 aliphatic carbocycles. The number of fused-ring (bicyclic) bond motifs is 1. The summed E-state index contributed by atoms with van der Waals surface area (Å²) in [7, 11) is 0. The number of β-amino-alcohol motifs (C(OH)–C–C–N with tert-alkyl or cyclic N) is 1. The summed E-state index contributed by atoms with van der Waals surface area (Å²) in [5.41, 5.74) is -1.60. The summed E-state index contributed by atoms with van der Waals surface area (Å²) in [6, 6.07) is -1.95. The predicted molar refractivity (Wildman–Crippen MR) is 92.3 cm³/mol. The predicted octanol–water partition coefficient (Wildman–Crippen LogP) is 4.22. The van der Waals surface area contributed by atoms with E-state index >= 15 is 0 Å². The molecule has 1 fully saturated rings. The number of hydrogen-bond acceptors (Lipinski definition) is 3. The number of aliphatic hydroxyl groups is 1. The molecule has 0 bridgehead atoms. The summed E-state index contributed by atoms with van der Waals surface area (Å²) in [6.07, 6.45) is -7.01. The van der Waals surface area contributed by atoms with Gasteiger partial charge in [0.25, 0.3) is 0 Å². The van der Waals surface area contributed by atoms with Crippen LogP contribution in [-0.4, -0.2) is 53.1 Å². The first kappa shape index (κ1) is 21.2. The molecule has 3 rings (SSSR count). The Morgan fingerprint density at radius 2 is 1.75 bits per heavy atom. The zero-order valence-corrected chi connectivity index (χ0v) is 15.7. The number of allylic oxidation sites excluding steroid dienone is 3. The monoisotopic (exact) mass is 410 g/mol. The highest BCUT2D eigenvalue weighted by Crippen LogP contribution is 2.42. The van der Waals surface area contributed by atoms with E-state index < -0.39 is 35.8 Å². The topological polar surface area (TPSA) is 35.5 Å². The van der Waals surface area contributed by atoms with Gasteiger partial charge in [0.15, 0.2) is 0 Å². The zero-order chi connectivity index (χ0) is 20.9. The Kier molecular flexibility index (Phi) is 5.62. The molecule has 0 aromatic carbocycles. The van der Waals surface area contributed by atoms with E-state index in [4.69, 9.17) is 0 Å². The van der Waals surface area contributed by atoms with Gasteiger partial charge in [-0.3, -0.25) is 4.90 Å². The first-order chi connectivity index (χ1) is 12.9. The first-order valence-electron chi connectivity index (χ1n) is 9.39. The van der Waals surface area contributed by atoms with Crippen molar-refractivity contribution in [3.63, 3.8) is 0 Å². The number of nitrogens with zero attached hydrogens (tertiary/aromatic N) is 1. The molecule has 0 spiro atoms. The van der Waals surface area contributed by atoms with Crippen molar-refractivity contribution in [3.8, 4) is 0 Å². The van der Waals surface area contributed by atoms with Crippen molar-refractivity contribution in [1.82, 2.24) is 10.2 Å². The van der Waals surface area contributed by atoms with E-state index in [1.54, 1.807) is 0 Å². The van der Waals surface area contributed by atoms with Crippen molar-refractivity contribution in [3.05, 3.63) is 34.6 Å². The van der Waals surface area contributed by atoms with Gasteiger partial charge in [0.2, 0.25) is 0 Å². The highest BCUT2D eigenvalue weighted by molar-refractivity contribution is 5.56. The van der Waals surface area contributed by atoms with E-state index in [0.717, 1.165) is 18.9 Å². The lowest BCUT2D eigenvalue weighted by molar-refractivity contribution is -0.144. The first-order valence-corrected chi connectivity index (χ1v) is 9.39. The molecule has 4 atom stereocenters. The minimum atomic E-state index is -4.77. The zero-order valence-electron chi connectivity index (χ0n) is 15.7.